The maximum absolute atomic E-state index is 9.52. The third-order valence-corrected chi connectivity index (χ3v) is 4.40. The van der Waals surface area contributed by atoms with Gasteiger partial charge in [0.1, 0.15) is 0 Å². The summed E-state index contributed by atoms with van der Waals surface area (Å²) < 4.78 is 0. The maximum atomic E-state index is 9.52. The van der Waals surface area contributed by atoms with Crippen LogP contribution in [0.3, 0.4) is 0 Å². The molecule has 2 aliphatic rings. The number of rotatable bonds is 4. The van der Waals surface area contributed by atoms with Crippen molar-refractivity contribution in [3.63, 3.8) is 0 Å². The van der Waals surface area contributed by atoms with Crippen molar-refractivity contribution in [3.05, 3.63) is 59.7 Å². The molecule has 2 aliphatic carbocycles. The number of hydrogen-bond donors (Lipinski definition) is 1. The fraction of sp³-hybridized carbons (Fsp3) is 0.389. The van der Waals surface area contributed by atoms with Crippen LogP contribution in [0.15, 0.2) is 54.1 Å². The lowest BCUT2D eigenvalue weighted by molar-refractivity contribution is 0.232. The molecule has 0 radical (unpaired) electrons. The lowest BCUT2D eigenvalue weighted by Crippen LogP contribution is -2.51. The first-order chi connectivity index (χ1) is 9.82. The second-order valence-corrected chi connectivity index (χ2v) is 5.80. The lowest BCUT2D eigenvalue weighted by atomic mass is 9.62. The summed E-state index contributed by atoms with van der Waals surface area (Å²) in [5.74, 6) is 0. The summed E-state index contributed by atoms with van der Waals surface area (Å²) in [5, 5.41) is 13.1. The monoisotopic (exact) mass is 266 g/mol. The van der Waals surface area contributed by atoms with Crippen molar-refractivity contribution in [1.29, 1.82) is 5.26 Å². The SMILES string of the molecule is N#CC1(c2ccccc2)CC(NCC2=CCCC=C2)C1.[HH]. The number of nitrogens with zero attached hydrogens (tertiary/aromatic N) is 1. The Morgan fingerprint density at radius 1 is 1.25 bits per heavy atom. The first-order valence-corrected chi connectivity index (χ1v) is 7.38. The average molecular weight is 266 g/mol. The van der Waals surface area contributed by atoms with Gasteiger partial charge in [-0.15, -0.1) is 0 Å². The van der Waals surface area contributed by atoms with E-state index < -0.39 is 0 Å². The molecule has 3 rings (SSSR count). The molecule has 0 spiro atoms. The van der Waals surface area contributed by atoms with Crippen molar-refractivity contribution < 1.29 is 1.43 Å². The summed E-state index contributed by atoms with van der Waals surface area (Å²) in [6.45, 7) is 0.928. The first kappa shape index (κ1) is 13.1. The van der Waals surface area contributed by atoms with Crippen molar-refractivity contribution >= 4 is 0 Å². The maximum Gasteiger partial charge on any atom is 0.0852 e. The van der Waals surface area contributed by atoms with Gasteiger partial charge in [0.05, 0.1) is 11.5 Å². The van der Waals surface area contributed by atoms with E-state index in [0.29, 0.717) is 6.04 Å². The molecule has 0 unspecified atom stereocenters. The Labute approximate surface area is 122 Å². The molecule has 1 saturated carbocycles. The van der Waals surface area contributed by atoms with Crippen molar-refractivity contribution in [2.75, 3.05) is 6.54 Å². The number of nitriles is 1. The molecule has 0 bridgehead atoms. The van der Waals surface area contributed by atoms with Crippen LogP contribution in [0.25, 0.3) is 0 Å². The summed E-state index contributed by atoms with van der Waals surface area (Å²) in [7, 11) is 0. The fourth-order valence-electron chi connectivity index (χ4n) is 3.14. The predicted octanol–water partition coefficient (Wildman–Crippen LogP) is 3.72. The van der Waals surface area contributed by atoms with Gasteiger partial charge in [0.2, 0.25) is 0 Å². The topological polar surface area (TPSA) is 35.8 Å². The molecule has 1 aromatic carbocycles. The highest BCUT2D eigenvalue weighted by molar-refractivity contribution is 5.37. The van der Waals surface area contributed by atoms with Crippen LogP contribution in [0.5, 0.6) is 0 Å². The molecule has 1 aromatic rings. The molecule has 0 heterocycles. The number of hydrogen-bond acceptors (Lipinski definition) is 2. The Kier molecular flexibility index (Phi) is 3.71. The second-order valence-electron chi connectivity index (χ2n) is 5.80. The molecule has 0 aliphatic heterocycles. The summed E-state index contributed by atoms with van der Waals surface area (Å²) in [6.07, 6.45) is 10.9. The zero-order chi connectivity index (χ0) is 13.8. The van der Waals surface area contributed by atoms with Crippen LogP contribution in [0.4, 0.5) is 0 Å². The van der Waals surface area contributed by atoms with E-state index in [9.17, 15) is 5.26 Å². The second kappa shape index (κ2) is 5.64. The molecule has 1 N–H and O–H groups in total. The predicted molar refractivity (Wildman–Crippen MR) is 83.3 cm³/mol. The van der Waals surface area contributed by atoms with Gasteiger partial charge in [-0.05, 0) is 36.8 Å². The minimum Gasteiger partial charge on any atom is -0.310 e. The highest BCUT2D eigenvalue weighted by Gasteiger charge is 2.45. The summed E-state index contributed by atoms with van der Waals surface area (Å²) in [4.78, 5) is 0. The Hall–Kier alpha value is -1.85. The molecule has 0 atom stereocenters. The van der Waals surface area contributed by atoms with E-state index in [1.54, 1.807) is 0 Å². The minimum absolute atomic E-state index is 0. The van der Waals surface area contributed by atoms with Crippen LogP contribution in [-0.2, 0) is 5.41 Å². The minimum atomic E-state index is -0.268. The lowest BCUT2D eigenvalue weighted by Gasteiger charge is -2.43. The average Bonchev–Trinajstić information content (AvgIpc) is 2.48. The number of allylic oxidation sites excluding steroid dienone is 2. The van der Waals surface area contributed by atoms with Gasteiger partial charge in [0, 0.05) is 14.0 Å². The van der Waals surface area contributed by atoms with Gasteiger partial charge in [-0.2, -0.15) is 5.26 Å². The smallest absolute Gasteiger partial charge is 0.0852 e. The summed E-state index contributed by atoms with van der Waals surface area (Å²) in [6, 6.07) is 13.2. The van der Waals surface area contributed by atoms with Crippen LogP contribution in [-0.4, -0.2) is 12.6 Å². The Morgan fingerprint density at radius 2 is 2.05 bits per heavy atom. The first-order valence-electron chi connectivity index (χ1n) is 7.38. The van der Waals surface area contributed by atoms with Crippen molar-refractivity contribution in [2.24, 2.45) is 0 Å². The van der Waals surface area contributed by atoms with Gasteiger partial charge in [0.25, 0.3) is 0 Å². The fourth-order valence-corrected chi connectivity index (χ4v) is 3.14. The van der Waals surface area contributed by atoms with Gasteiger partial charge < -0.3 is 5.32 Å². The molecule has 0 aromatic heterocycles. The summed E-state index contributed by atoms with van der Waals surface area (Å²) >= 11 is 0. The Morgan fingerprint density at radius 3 is 2.70 bits per heavy atom. The zero-order valence-electron chi connectivity index (χ0n) is 11.7. The van der Waals surface area contributed by atoms with Gasteiger partial charge in [-0.1, -0.05) is 48.6 Å². The van der Waals surface area contributed by atoms with Gasteiger partial charge in [0.15, 0.2) is 0 Å². The van der Waals surface area contributed by atoms with Crippen molar-refractivity contribution in [2.45, 2.75) is 37.1 Å². The third-order valence-electron chi connectivity index (χ3n) is 4.40. The van der Waals surface area contributed by atoms with Crippen LogP contribution < -0.4 is 5.32 Å². The number of benzene rings is 1. The van der Waals surface area contributed by atoms with Gasteiger partial charge in [-0.3, -0.25) is 0 Å². The van der Waals surface area contributed by atoms with E-state index in [1.807, 2.05) is 18.2 Å². The summed E-state index contributed by atoms with van der Waals surface area (Å²) in [5.41, 5.74) is 2.28. The largest absolute Gasteiger partial charge is 0.310 e. The highest BCUT2D eigenvalue weighted by atomic mass is 14.9. The normalized spacial score (nSPS) is 28.4. The number of nitrogens with one attached hydrogen (secondary N) is 1. The van der Waals surface area contributed by atoms with E-state index in [4.69, 9.17) is 0 Å². The molecule has 2 heteroatoms. The van der Waals surface area contributed by atoms with E-state index in [-0.39, 0.29) is 6.84 Å². The quantitative estimate of drug-likeness (QED) is 0.901. The van der Waals surface area contributed by atoms with Crippen LogP contribution in [0.2, 0.25) is 0 Å². The van der Waals surface area contributed by atoms with Crippen molar-refractivity contribution in [3.8, 4) is 6.07 Å². The van der Waals surface area contributed by atoms with E-state index in [1.165, 1.54) is 12.0 Å². The molecule has 20 heavy (non-hydrogen) atoms. The Balaban J connectivity index is 0.00000161. The molecule has 2 nitrogen and oxygen atoms in total. The highest BCUT2D eigenvalue weighted by Crippen LogP contribution is 2.43. The molecule has 0 amide bonds. The zero-order valence-corrected chi connectivity index (χ0v) is 11.7. The Bertz CT molecular complexity index is 563. The van der Waals surface area contributed by atoms with E-state index in [2.05, 4.69) is 41.7 Å². The molecular weight excluding hydrogens is 244 g/mol. The van der Waals surface area contributed by atoms with Crippen LogP contribution >= 0.6 is 0 Å². The molecule has 0 saturated heterocycles. The standard InChI is InChI=1S/C18H20N2.H2/c19-14-18(16-9-5-2-6-10-16)11-17(12-18)20-13-15-7-3-1-4-8-15;/h2-3,5-10,17,20H,1,4,11-13H2;1H. The molecule has 104 valence electrons. The van der Waals surface area contributed by atoms with Crippen LogP contribution in [0.1, 0.15) is 32.7 Å². The van der Waals surface area contributed by atoms with E-state index in [0.717, 1.165) is 31.4 Å². The third kappa shape index (κ3) is 2.55. The van der Waals surface area contributed by atoms with Crippen LogP contribution in [0, 0.1) is 11.3 Å². The van der Waals surface area contributed by atoms with Crippen molar-refractivity contribution in [1.82, 2.24) is 5.32 Å². The molecular formula is C18H22N2. The van der Waals surface area contributed by atoms with Gasteiger partial charge >= 0.3 is 0 Å². The van der Waals surface area contributed by atoms with Gasteiger partial charge in [-0.25, -0.2) is 0 Å². The van der Waals surface area contributed by atoms with E-state index >= 15 is 0 Å². The molecule has 1 fully saturated rings.